The Morgan fingerprint density at radius 1 is 0.968 bits per heavy atom. The van der Waals surface area contributed by atoms with Gasteiger partial charge >= 0.3 is 0 Å². The van der Waals surface area contributed by atoms with Gasteiger partial charge in [0, 0.05) is 50.4 Å². The summed E-state index contributed by atoms with van der Waals surface area (Å²) in [5.74, 6) is 0.372. The summed E-state index contributed by atoms with van der Waals surface area (Å²) in [6, 6.07) is 20.0. The molecule has 2 heterocycles. The number of aliphatic hydroxyl groups excluding tert-OH is 1. The van der Waals surface area contributed by atoms with E-state index in [1.54, 1.807) is 0 Å². The van der Waals surface area contributed by atoms with Crippen molar-refractivity contribution in [3.8, 4) is 0 Å². The first-order chi connectivity index (χ1) is 15.1. The summed E-state index contributed by atoms with van der Waals surface area (Å²) in [5, 5.41) is 16.5. The molecule has 4 nitrogen and oxygen atoms in total. The Balaban J connectivity index is 1.25. The van der Waals surface area contributed by atoms with E-state index in [2.05, 4.69) is 33.1 Å². The largest absolute Gasteiger partial charge is 0.385 e. The fourth-order valence-corrected chi connectivity index (χ4v) is 4.88. The molecule has 4 aromatic rings. The summed E-state index contributed by atoms with van der Waals surface area (Å²) in [4.78, 5) is 4.50. The van der Waals surface area contributed by atoms with Crippen LogP contribution in [0.4, 0.5) is 5.69 Å². The second-order valence-corrected chi connectivity index (χ2v) is 9.01. The molecule has 0 radical (unpaired) electrons. The van der Waals surface area contributed by atoms with Crippen LogP contribution in [0.5, 0.6) is 0 Å². The summed E-state index contributed by atoms with van der Waals surface area (Å²) in [7, 11) is 0. The maximum Gasteiger partial charge on any atom is 0.121 e. The van der Waals surface area contributed by atoms with E-state index in [4.69, 9.17) is 23.2 Å². The Labute approximate surface area is 191 Å². The Kier molecular flexibility index (Phi) is 5.72. The average molecular weight is 453 g/mol. The van der Waals surface area contributed by atoms with E-state index in [1.165, 1.54) is 5.56 Å². The maximum absolute atomic E-state index is 10.8. The van der Waals surface area contributed by atoms with E-state index in [-0.39, 0.29) is 0 Å². The van der Waals surface area contributed by atoms with Crippen LogP contribution in [0.25, 0.3) is 21.8 Å². The average Bonchev–Trinajstić information content (AvgIpc) is 3.30. The van der Waals surface area contributed by atoms with Crippen molar-refractivity contribution in [1.29, 1.82) is 0 Å². The number of aliphatic hydroxyl groups is 1. The standard InChI is InChI=1S/C25H23Cl2N3O/c26-17-5-7-24-21(11-17)22-12-18(27)6-8-25(22)30(24)15-19(31)14-28-10-9-16-13-29-23-4-2-1-3-20(16)23/h1-8,11-13,16,19,28,31H,9-10,14-15H2/p+1/t16-,19+/m0/s1. The van der Waals surface area contributed by atoms with Crippen LogP contribution in [0.15, 0.2) is 65.7 Å². The zero-order valence-corrected chi connectivity index (χ0v) is 18.5. The van der Waals surface area contributed by atoms with Gasteiger partial charge in [0.1, 0.15) is 12.6 Å². The van der Waals surface area contributed by atoms with Gasteiger partial charge in [-0.25, -0.2) is 0 Å². The molecule has 0 unspecified atom stereocenters. The monoisotopic (exact) mass is 452 g/mol. The molecular weight excluding hydrogens is 429 g/mol. The number of nitrogens with two attached hydrogens (primary N) is 1. The molecule has 2 atom stereocenters. The molecule has 3 N–H and O–H groups in total. The molecule has 158 valence electrons. The molecule has 0 amide bonds. The number of aliphatic imine (C=N–C) groups is 1. The molecule has 31 heavy (non-hydrogen) atoms. The third-order valence-electron chi connectivity index (χ3n) is 6.03. The van der Waals surface area contributed by atoms with Crippen LogP contribution in [0, 0.1) is 0 Å². The normalized spacial score (nSPS) is 16.3. The van der Waals surface area contributed by atoms with Gasteiger partial charge in [-0.15, -0.1) is 0 Å². The highest BCUT2D eigenvalue weighted by atomic mass is 35.5. The lowest BCUT2D eigenvalue weighted by molar-refractivity contribution is -0.661. The molecule has 1 aromatic heterocycles. The second kappa shape index (κ2) is 8.64. The second-order valence-electron chi connectivity index (χ2n) is 8.13. The molecular formula is C25H24Cl2N3O+. The van der Waals surface area contributed by atoms with Crippen LogP contribution in [0.3, 0.4) is 0 Å². The number of para-hydroxylation sites is 1. The predicted octanol–water partition coefficient (Wildman–Crippen LogP) is 4.92. The van der Waals surface area contributed by atoms with Crippen molar-refractivity contribution in [2.24, 2.45) is 4.99 Å². The van der Waals surface area contributed by atoms with E-state index in [1.807, 2.05) is 48.7 Å². The van der Waals surface area contributed by atoms with Crippen LogP contribution in [-0.4, -0.2) is 35.1 Å². The highest BCUT2D eigenvalue weighted by Gasteiger charge is 2.19. The van der Waals surface area contributed by atoms with Crippen LogP contribution in [0.1, 0.15) is 17.9 Å². The summed E-state index contributed by atoms with van der Waals surface area (Å²) >= 11 is 12.5. The predicted molar refractivity (Wildman–Crippen MR) is 129 cm³/mol. The van der Waals surface area contributed by atoms with Crippen molar-refractivity contribution < 1.29 is 10.4 Å². The summed E-state index contributed by atoms with van der Waals surface area (Å²) in [6.07, 6.45) is 2.60. The molecule has 0 saturated carbocycles. The van der Waals surface area contributed by atoms with E-state index in [0.29, 0.717) is 29.1 Å². The highest BCUT2D eigenvalue weighted by molar-refractivity contribution is 6.33. The van der Waals surface area contributed by atoms with Gasteiger partial charge in [0.2, 0.25) is 0 Å². The van der Waals surface area contributed by atoms with Gasteiger partial charge in [-0.2, -0.15) is 0 Å². The van der Waals surface area contributed by atoms with Crippen LogP contribution < -0.4 is 5.32 Å². The number of hydrogen-bond acceptors (Lipinski definition) is 2. The van der Waals surface area contributed by atoms with Gasteiger partial charge in [-0.1, -0.05) is 41.4 Å². The molecule has 6 heteroatoms. The lowest BCUT2D eigenvalue weighted by Gasteiger charge is -2.14. The molecule has 0 spiro atoms. The topological polar surface area (TPSA) is 54.1 Å². The number of aromatic nitrogens is 1. The fraction of sp³-hybridized carbons (Fsp3) is 0.240. The van der Waals surface area contributed by atoms with E-state index >= 15 is 0 Å². The van der Waals surface area contributed by atoms with Gasteiger partial charge < -0.3 is 15.0 Å². The van der Waals surface area contributed by atoms with Gasteiger partial charge in [0.25, 0.3) is 0 Å². The van der Waals surface area contributed by atoms with Gasteiger partial charge in [0.15, 0.2) is 0 Å². The van der Waals surface area contributed by atoms with Crippen molar-refractivity contribution in [3.05, 3.63) is 76.3 Å². The van der Waals surface area contributed by atoms with E-state index in [0.717, 1.165) is 40.5 Å². The minimum absolute atomic E-state index is 0.372. The number of benzene rings is 3. The first-order valence-corrected chi connectivity index (χ1v) is 11.4. The molecule has 1 aliphatic heterocycles. The van der Waals surface area contributed by atoms with Crippen molar-refractivity contribution >= 4 is 56.9 Å². The first-order valence-electron chi connectivity index (χ1n) is 10.6. The molecule has 0 bridgehead atoms. The van der Waals surface area contributed by atoms with E-state index < -0.39 is 6.10 Å². The number of nitrogens with zero attached hydrogens (tertiary/aromatic N) is 2. The lowest BCUT2D eigenvalue weighted by atomic mass is 9.98. The number of halogens is 2. The number of fused-ring (bicyclic) bond motifs is 4. The third-order valence-corrected chi connectivity index (χ3v) is 6.50. The Hall–Kier alpha value is -2.37. The summed E-state index contributed by atoms with van der Waals surface area (Å²) in [6.45, 7) is 2.11. The minimum Gasteiger partial charge on any atom is -0.385 e. The minimum atomic E-state index is -0.463. The van der Waals surface area contributed by atoms with Gasteiger partial charge in [0.05, 0.1) is 18.8 Å². The van der Waals surface area contributed by atoms with Gasteiger partial charge in [-0.05, 0) is 48.0 Å². The number of rotatable bonds is 7. The maximum atomic E-state index is 10.8. The lowest BCUT2D eigenvalue weighted by Crippen LogP contribution is -2.86. The molecule has 0 aliphatic carbocycles. The zero-order valence-electron chi connectivity index (χ0n) is 17.0. The van der Waals surface area contributed by atoms with Crippen molar-refractivity contribution in [1.82, 2.24) is 4.57 Å². The molecule has 5 rings (SSSR count). The Morgan fingerprint density at radius 3 is 2.35 bits per heavy atom. The molecule has 3 aromatic carbocycles. The van der Waals surface area contributed by atoms with Crippen molar-refractivity contribution in [3.63, 3.8) is 0 Å². The molecule has 1 aliphatic rings. The zero-order chi connectivity index (χ0) is 21.4. The van der Waals surface area contributed by atoms with Crippen molar-refractivity contribution in [2.75, 3.05) is 13.1 Å². The summed E-state index contributed by atoms with van der Waals surface area (Å²) < 4.78 is 2.16. The number of quaternary nitrogens is 1. The molecule has 0 saturated heterocycles. The van der Waals surface area contributed by atoms with Crippen molar-refractivity contribution in [2.45, 2.75) is 25.0 Å². The quantitative estimate of drug-likeness (QED) is 0.384. The number of hydrogen-bond donors (Lipinski definition) is 2. The fourth-order valence-electron chi connectivity index (χ4n) is 4.54. The van der Waals surface area contributed by atoms with Crippen LogP contribution >= 0.6 is 23.2 Å². The van der Waals surface area contributed by atoms with Gasteiger partial charge in [-0.3, -0.25) is 4.99 Å². The van der Waals surface area contributed by atoms with Crippen LogP contribution in [-0.2, 0) is 6.54 Å². The van der Waals surface area contributed by atoms with E-state index in [9.17, 15) is 5.11 Å². The smallest absolute Gasteiger partial charge is 0.121 e. The molecule has 0 fully saturated rings. The first kappa shape index (κ1) is 20.5. The highest BCUT2D eigenvalue weighted by Crippen LogP contribution is 2.34. The SMILES string of the molecule is O[C@H](C[NH2+]CC[C@H]1C=Nc2ccccc21)Cn1c2ccc(Cl)cc2c2cc(Cl)ccc21. The Bertz CT molecular complexity index is 1220. The van der Waals surface area contributed by atoms with Crippen LogP contribution in [0.2, 0.25) is 10.0 Å². The third kappa shape index (κ3) is 4.09. The Morgan fingerprint density at radius 2 is 1.65 bits per heavy atom. The summed E-state index contributed by atoms with van der Waals surface area (Å²) in [5.41, 5.74) is 4.50.